The van der Waals surface area contributed by atoms with Crippen LogP contribution in [0.4, 0.5) is 0 Å². The fourth-order valence-electron chi connectivity index (χ4n) is 8.11. The molecule has 0 fully saturated rings. The van der Waals surface area contributed by atoms with E-state index in [2.05, 4.69) is 133 Å². The van der Waals surface area contributed by atoms with Crippen LogP contribution in [0.3, 0.4) is 0 Å². The van der Waals surface area contributed by atoms with Crippen LogP contribution in [0.5, 0.6) is 0 Å². The molecule has 11 rings (SSSR count). The molecule has 0 aliphatic carbocycles. The predicted molar refractivity (Wildman–Crippen MR) is 229 cm³/mol. The van der Waals surface area contributed by atoms with Gasteiger partial charge in [-0.2, -0.15) is 0 Å². The largest absolute Gasteiger partial charge is 0.456 e. The van der Waals surface area contributed by atoms with E-state index in [1.165, 1.54) is 0 Å². The zero-order valence-electron chi connectivity index (χ0n) is 30.2. The highest BCUT2D eigenvalue weighted by Crippen LogP contribution is 2.46. The summed E-state index contributed by atoms with van der Waals surface area (Å²) in [7, 11) is 0. The quantitative estimate of drug-likeness (QED) is 0.172. The molecule has 0 atom stereocenters. The van der Waals surface area contributed by atoms with Gasteiger partial charge in [-0.15, -0.1) is 0 Å². The predicted octanol–water partition coefficient (Wildman–Crippen LogP) is 14.3. The maximum atomic E-state index is 7.21. The van der Waals surface area contributed by atoms with Crippen LogP contribution in [0, 0.1) is 0 Å². The number of benzene rings is 8. The number of rotatable bonds is 6. The summed E-state index contributed by atoms with van der Waals surface area (Å²) in [4.78, 5) is 10.6. The first-order valence-corrected chi connectivity index (χ1v) is 18.8. The van der Waals surface area contributed by atoms with Gasteiger partial charge in [0.1, 0.15) is 22.3 Å². The highest BCUT2D eigenvalue weighted by atomic mass is 16.3. The third-order valence-electron chi connectivity index (χ3n) is 10.7. The molecule has 0 radical (unpaired) electrons. The zero-order chi connectivity index (χ0) is 37.0. The maximum Gasteiger partial charge on any atom is 0.161 e. The SMILES string of the molecule is c1ccc(-c2cccc(-c3c(-c4nc(-c5ccccc5)cc(-c5ccccc5)n4)ccc4c3oc3c(-c5cccc6oc7ccccc7c56)cccc34)c2)cc1. The first-order chi connectivity index (χ1) is 27.8. The fourth-order valence-corrected chi connectivity index (χ4v) is 8.11. The van der Waals surface area contributed by atoms with Crippen molar-refractivity contribution in [1.82, 2.24) is 9.97 Å². The Kier molecular flexibility index (Phi) is 7.46. The third-order valence-corrected chi connectivity index (χ3v) is 10.7. The van der Waals surface area contributed by atoms with Crippen molar-refractivity contribution in [2.75, 3.05) is 0 Å². The second-order valence-electron chi connectivity index (χ2n) is 14.1. The van der Waals surface area contributed by atoms with Gasteiger partial charge in [0.2, 0.25) is 0 Å². The normalized spacial score (nSPS) is 11.6. The van der Waals surface area contributed by atoms with Crippen LogP contribution >= 0.6 is 0 Å². The molecular weight excluding hydrogens is 685 g/mol. The van der Waals surface area contributed by atoms with Gasteiger partial charge < -0.3 is 8.83 Å². The maximum absolute atomic E-state index is 7.21. The van der Waals surface area contributed by atoms with Crippen molar-refractivity contribution in [3.8, 4) is 67.3 Å². The molecule has 3 aromatic heterocycles. The Balaban J connectivity index is 1.21. The lowest BCUT2D eigenvalue weighted by Crippen LogP contribution is -1.98. The average Bonchev–Trinajstić information content (AvgIpc) is 3.86. The molecule has 0 N–H and O–H groups in total. The van der Waals surface area contributed by atoms with Gasteiger partial charge in [-0.3, -0.25) is 0 Å². The molecule has 0 amide bonds. The van der Waals surface area contributed by atoms with E-state index < -0.39 is 0 Å². The van der Waals surface area contributed by atoms with E-state index in [0.29, 0.717) is 5.82 Å². The van der Waals surface area contributed by atoms with Crippen molar-refractivity contribution in [1.29, 1.82) is 0 Å². The molecule has 262 valence electrons. The minimum atomic E-state index is 0.627. The molecule has 3 heterocycles. The van der Waals surface area contributed by atoms with Gasteiger partial charge in [-0.05, 0) is 58.7 Å². The Morgan fingerprint density at radius 1 is 0.321 bits per heavy atom. The molecule has 4 heteroatoms. The van der Waals surface area contributed by atoms with Gasteiger partial charge in [-0.25, -0.2) is 9.97 Å². The molecule has 0 saturated carbocycles. The molecule has 0 bridgehead atoms. The van der Waals surface area contributed by atoms with Crippen LogP contribution in [0.25, 0.3) is 111 Å². The van der Waals surface area contributed by atoms with Gasteiger partial charge in [0.25, 0.3) is 0 Å². The summed E-state index contributed by atoms with van der Waals surface area (Å²) in [6.07, 6.45) is 0. The van der Waals surface area contributed by atoms with Gasteiger partial charge in [0.15, 0.2) is 5.82 Å². The molecule has 0 spiro atoms. The van der Waals surface area contributed by atoms with Crippen LogP contribution in [-0.2, 0) is 0 Å². The van der Waals surface area contributed by atoms with Crippen molar-refractivity contribution < 1.29 is 8.83 Å². The Morgan fingerprint density at radius 3 is 1.62 bits per heavy atom. The van der Waals surface area contributed by atoms with E-state index in [1.54, 1.807) is 0 Å². The monoisotopic (exact) mass is 716 g/mol. The van der Waals surface area contributed by atoms with Crippen LogP contribution in [0.1, 0.15) is 0 Å². The number of furan rings is 2. The van der Waals surface area contributed by atoms with E-state index in [1.807, 2.05) is 60.7 Å². The number of nitrogens with zero attached hydrogens (tertiary/aromatic N) is 2. The standard InChI is InChI=1S/C52H32N2O2/c1-4-15-33(16-5-1)36-21-12-22-37(31-36)48-43(52-53-44(34-17-6-2-7-18-34)32-45(54-52)35-19-8-3-9-20-35)30-29-41-40-26-13-25-39(50(40)56-51(41)48)38-24-14-28-47-49(38)42-23-10-11-27-46(42)55-47/h1-32H. The molecule has 0 saturated heterocycles. The number of hydrogen-bond donors (Lipinski definition) is 0. The number of hydrogen-bond acceptors (Lipinski definition) is 4. The Hall–Kier alpha value is -7.56. The van der Waals surface area contributed by atoms with Crippen LogP contribution < -0.4 is 0 Å². The van der Waals surface area contributed by atoms with Crippen LogP contribution in [0.2, 0.25) is 0 Å². The van der Waals surface area contributed by atoms with E-state index in [9.17, 15) is 0 Å². The summed E-state index contributed by atoms with van der Waals surface area (Å²) in [5.41, 5.74) is 14.3. The Labute approximate surface area is 323 Å². The van der Waals surface area contributed by atoms with Crippen LogP contribution in [-0.4, -0.2) is 9.97 Å². The van der Waals surface area contributed by atoms with Crippen LogP contribution in [0.15, 0.2) is 203 Å². The van der Waals surface area contributed by atoms with Crippen molar-refractivity contribution in [3.05, 3.63) is 194 Å². The first kappa shape index (κ1) is 31.9. The van der Waals surface area contributed by atoms with E-state index >= 15 is 0 Å². The minimum Gasteiger partial charge on any atom is -0.456 e. The highest BCUT2D eigenvalue weighted by molar-refractivity contribution is 6.19. The molecule has 0 unspecified atom stereocenters. The van der Waals surface area contributed by atoms with Crippen molar-refractivity contribution in [2.45, 2.75) is 0 Å². The minimum absolute atomic E-state index is 0.627. The molecule has 0 aliphatic heterocycles. The zero-order valence-corrected chi connectivity index (χ0v) is 30.2. The molecule has 56 heavy (non-hydrogen) atoms. The summed E-state index contributed by atoms with van der Waals surface area (Å²) in [5, 5.41) is 4.22. The second kappa shape index (κ2) is 13.1. The van der Waals surface area contributed by atoms with E-state index in [-0.39, 0.29) is 0 Å². The average molecular weight is 717 g/mol. The van der Waals surface area contributed by atoms with Gasteiger partial charge in [-0.1, -0.05) is 158 Å². The summed E-state index contributed by atoms with van der Waals surface area (Å²) in [5.74, 6) is 0.627. The lowest BCUT2D eigenvalue weighted by Gasteiger charge is -2.14. The van der Waals surface area contributed by atoms with Crippen molar-refractivity contribution in [3.63, 3.8) is 0 Å². The van der Waals surface area contributed by atoms with Gasteiger partial charge in [0, 0.05) is 49.4 Å². The first-order valence-electron chi connectivity index (χ1n) is 18.8. The smallest absolute Gasteiger partial charge is 0.161 e. The fraction of sp³-hybridized carbons (Fsp3) is 0. The Bertz CT molecular complexity index is 3180. The summed E-state index contributed by atoms with van der Waals surface area (Å²) in [6, 6.07) is 67.1. The molecular formula is C52H32N2O2. The summed E-state index contributed by atoms with van der Waals surface area (Å²) in [6.45, 7) is 0. The Morgan fingerprint density at radius 2 is 0.875 bits per heavy atom. The molecule has 11 aromatic rings. The summed E-state index contributed by atoms with van der Waals surface area (Å²) < 4.78 is 13.5. The van der Waals surface area contributed by atoms with Crippen molar-refractivity contribution in [2.24, 2.45) is 0 Å². The molecule has 0 aliphatic rings. The number of fused-ring (bicyclic) bond motifs is 6. The lowest BCUT2D eigenvalue weighted by atomic mass is 9.93. The molecule has 8 aromatic carbocycles. The van der Waals surface area contributed by atoms with E-state index in [0.717, 1.165) is 105 Å². The van der Waals surface area contributed by atoms with Gasteiger partial charge >= 0.3 is 0 Å². The molecule has 4 nitrogen and oxygen atoms in total. The lowest BCUT2D eigenvalue weighted by molar-refractivity contribution is 0.669. The number of aromatic nitrogens is 2. The number of para-hydroxylation sites is 2. The van der Waals surface area contributed by atoms with Gasteiger partial charge in [0.05, 0.1) is 11.4 Å². The topological polar surface area (TPSA) is 52.1 Å². The van der Waals surface area contributed by atoms with Crippen molar-refractivity contribution >= 4 is 43.9 Å². The summed E-state index contributed by atoms with van der Waals surface area (Å²) >= 11 is 0. The third kappa shape index (κ3) is 5.31. The highest BCUT2D eigenvalue weighted by Gasteiger charge is 2.23. The van der Waals surface area contributed by atoms with E-state index in [4.69, 9.17) is 18.8 Å². The second-order valence-corrected chi connectivity index (χ2v) is 14.1.